The Morgan fingerprint density at radius 2 is 1.79 bits per heavy atom. The number of hydrogen-bond acceptors (Lipinski definition) is 3. The first kappa shape index (κ1) is 18.5. The van der Waals surface area contributed by atoms with Crippen LogP contribution in [-0.4, -0.2) is 22.8 Å². The minimum Gasteiger partial charge on any atom is -0.352 e. The normalized spacial score (nSPS) is 11.8. The molecule has 132 valence electrons. The lowest BCUT2D eigenvalue weighted by Gasteiger charge is -2.12. The van der Waals surface area contributed by atoms with Crippen LogP contribution in [0.1, 0.15) is 47.5 Å². The van der Waals surface area contributed by atoms with Gasteiger partial charge in [-0.25, -0.2) is 0 Å². The van der Waals surface area contributed by atoms with Crippen LogP contribution in [0, 0.1) is 0 Å². The molecule has 0 saturated heterocycles. The van der Waals surface area contributed by atoms with E-state index in [0.29, 0.717) is 0 Å². The zero-order chi connectivity index (χ0) is 17.5. The van der Waals surface area contributed by atoms with Gasteiger partial charge in [-0.15, -0.1) is 11.3 Å². The SMILES string of the molecule is CCc1ccc(CNC(=NC)NCc2c(CC)nn(C)c2CC)s1. The molecular weight excluding hydrogens is 318 g/mol. The molecule has 0 saturated carbocycles. The fourth-order valence-electron chi connectivity index (χ4n) is 2.86. The molecule has 0 radical (unpaired) electrons. The van der Waals surface area contributed by atoms with Crippen molar-refractivity contribution in [3.8, 4) is 0 Å². The topological polar surface area (TPSA) is 54.2 Å². The molecule has 0 aliphatic heterocycles. The van der Waals surface area contributed by atoms with Crippen LogP contribution < -0.4 is 10.6 Å². The van der Waals surface area contributed by atoms with E-state index in [9.17, 15) is 0 Å². The Balaban J connectivity index is 1.96. The molecule has 6 heteroatoms. The van der Waals surface area contributed by atoms with Crippen LogP contribution in [0.4, 0.5) is 0 Å². The number of nitrogens with one attached hydrogen (secondary N) is 2. The molecule has 2 aromatic rings. The van der Waals surface area contributed by atoms with Gasteiger partial charge >= 0.3 is 0 Å². The third-order valence-electron chi connectivity index (χ3n) is 4.18. The van der Waals surface area contributed by atoms with E-state index in [2.05, 4.69) is 53.6 Å². The Morgan fingerprint density at radius 3 is 2.38 bits per heavy atom. The van der Waals surface area contributed by atoms with Crippen molar-refractivity contribution in [2.75, 3.05) is 7.05 Å². The van der Waals surface area contributed by atoms with Gasteiger partial charge in [0, 0.05) is 41.7 Å². The van der Waals surface area contributed by atoms with Crippen molar-refractivity contribution in [2.45, 2.75) is 53.1 Å². The van der Waals surface area contributed by atoms with E-state index in [1.54, 1.807) is 0 Å². The van der Waals surface area contributed by atoms with Gasteiger partial charge in [0.1, 0.15) is 0 Å². The zero-order valence-corrected chi connectivity index (χ0v) is 16.3. The minimum absolute atomic E-state index is 0.754. The van der Waals surface area contributed by atoms with Gasteiger partial charge in [0.15, 0.2) is 5.96 Å². The number of aliphatic imine (C=N–C) groups is 1. The van der Waals surface area contributed by atoms with E-state index >= 15 is 0 Å². The number of aryl methyl sites for hydroxylation is 3. The molecule has 2 rings (SSSR count). The third-order valence-corrected chi connectivity index (χ3v) is 5.41. The van der Waals surface area contributed by atoms with Crippen molar-refractivity contribution >= 4 is 17.3 Å². The Bertz CT molecular complexity index is 684. The molecule has 2 N–H and O–H groups in total. The predicted octanol–water partition coefficient (Wildman–Crippen LogP) is 3.03. The van der Waals surface area contributed by atoms with E-state index in [1.807, 2.05) is 30.1 Å². The molecule has 2 heterocycles. The number of hydrogen-bond donors (Lipinski definition) is 2. The van der Waals surface area contributed by atoms with Crippen LogP contribution >= 0.6 is 11.3 Å². The maximum atomic E-state index is 4.63. The molecule has 24 heavy (non-hydrogen) atoms. The smallest absolute Gasteiger partial charge is 0.191 e. The summed E-state index contributed by atoms with van der Waals surface area (Å²) in [6.45, 7) is 8.08. The van der Waals surface area contributed by atoms with E-state index in [0.717, 1.165) is 38.3 Å². The molecule has 0 fully saturated rings. The van der Waals surface area contributed by atoms with Crippen LogP contribution in [0.25, 0.3) is 0 Å². The third kappa shape index (κ3) is 4.38. The van der Waals surface area contributed by atoms with E-state index in [-0.39, 0.29) is 0 Å². The Kier molecular flexibility index (Phi) is 6.85. The Hall–Kier alpha value is -1.82. The molecule has 0 atom stereocenters. The van der Waals surface area contributed by atoms with E-state index in [1.165, 1.54) is 26.7 Å². The number of thiophene rings is 1. The highest BCUT2D eigenvalue weighted by Crippen LogP contribution is 2.17. The summed E-state index contributed by atoms with van der Waals surface area (Å²) in [5.41, 5.74) is 3.76. The summed E-state index contributed by atoms with van der Waals surface area (Å²) in [7, 11) is 3.84. The molecule has 0 aromatic carbocycles. The summed E-state index contributed by atoms with van der Waals surface area (Å²) in [5, 5.41) is 11.5. The molecule has 0 aliphatic rings. The second-order valence-corrected chi connectivity index (χ2v) is 6.96. The molecule has 0 bridgehead atoms. The summed E-state index contributed by atoms with van der Waals surface area (Å²) in [6.07, 6.45) is 3.03. The average molecular weight is 348 g/mol. The largest absolute Gasteiger partial charge is 0.352 e. The van der Waals surface area contributed by atoms with Crippen molar-refractivity contribution < 1.29 is 0 Å². The average Bonchev–Trinajstić information content (AvgIpc) is 3.18. The van der Waals surface area contributed by atoms with Gasteiger partial charge in [-0.1, -0.05) is 20.8 Å². The number of rotatable bonds is 7. The van der Waals surface area contributed by atoms with Crippen molar-refractivity contribution in [1.82, 2.24) is 20.4 Å². The lowest BCUT2D eigenvalue weighted by Crippen LogP contribution is -2.36. The second-order valence-electron chi connectivity index (χ2n) is 5.70. The highest BCUT2D eigenvalue weighted by molar-refractivity contribution is 7.11. The van der Waals surface area contributed by atoms with Crippen molar-refractivity contribution in [3.05, 3.63) is 38.8 Å². The zero-order valence-electron chi connectivity index (χ0n) is 15.4. The van der Waals surface area contributed by atoms with Gasteiger partial charge < -0.3 is 10.6 Å². The summed E-state index contributed by atoms with van der Waals surface area (Å²) in [6, 6.07) is 4.39. The highest BCUT2D eigenvalue weighted by atomic mass is 32.1. The van der Waals surface area contributed by atoms with Gasteiger partial charge in [-0.3, -0.25) is 9.67 Å². The number of guanidine groups is 1. The summed E-state index contributed by atoms with van der Waals surface area (Å²) in [4.78, 5) is 7.09. The fraction of sp³-hybridized carbons (Fsp3) is 0.556. The highest BCUT2D eigenvalue weighted by Gasteiger charge is 2.13. The monoisotopic (exact) mass is 347 g/mol. The van der Waals surface area contributed by atoms with Crippen LogP contribution in [0.15, 0.2) is 17.1 Å². The maximum absolute atomic E-state index is 4.63. The standard InChI is InChI=1S/C18H29N5S/c1-6-13-9-10-14(24-13)11-20-18(19-4)21-12-15-16(7-2)22-23(5)17(15)8-3/h9-10H,6-8,11-12H2,1-5H3,(H2,19,20,21). The fourth-order valence-corrected chi connectivity index (χ4v) is 3.76. The predicted molar refractivity (Wildman–Crippen MR) is 103 cm³/mol. The lowest BCUT2D eigenvalue weighted by molar-refractivity contribution is 0.702. The minimum atomic E-state index is 0.754. The quantitative estimate of drug-likeness (QED) is 0.598. The lowest BCUT2D eigenvalue weighted by atomic mass is 10.1. The molecule has 0 unspecified atom stereocenters. The Labute approximate surface area is 149 Å². The maximum Gasteiger partial charge on any atom is 0.191 e. The first-order chi connectivity index (χ1) is 11.6. The number of aromatic nitrogens is 2. The van der Waals surface area contributed by atoms with Gasteiger partial charge in [0.25, 0.3) is 0 Å². The number of nitrogens with zero attached hydrogens (tertiary/aromatic N) is 3. The Morgan fingerprint density at radius 1 is 1.08 bits per heavy atom. The van der Waals surface area contributed by atoms with Gasteiger partial charge in [-0.2, -0.15) is 5.10 Å². The van der Waals surface area contributed by atoms with Crippen LogP contribution in [0.2, 0.25) is 0 Å². The molecule has 2 aromatic heterocycles. The van der Waals surface area contributed by atoms with Crippen LogP contribution in [0.5, 0.6) is 0 Å². The van der Waals surface area contributed by atoms with Crippen molar-refractivity contribution in [1.29, 1.82) is 0 Å². The van der Waals surface area contributed by atoms with Gasteiger partial charge in [0.05, 0.1) is 12.2 Å². The van der Waals surface area contributed by atoms with Gasteiger partial charge in [-0.05, 0) is 31.4 Å². The van der Waals surface area contributed by atoms with Crippen LogP contribution in [0.3, 0.4) is 0 Å². The summed E-state index contributed by atoms with van der Waals surface area (Å²) >= 11 is 1.86. The second kappa shape index (κ2) is 8.87. The van der Waals surface area contributed by atoms with Gasteiger partial charge in [0.2, 0.25) is 0 Å². The molecule has 5 nitrogen and oxygen atoms in total. The molecule has 0 amide bonds. The van der Waals surface area contributed by atoms with Crippen molar-refractivity contribution in [3.63, 3.8) is 0 Å². The molecular formula is C18H29N5S. The first-order valence-corrected chi connectivity index (χ1v) is 9.50. The first-order valence-electron chi connectivity index (χ1n) is 8.68. The molecule has 0 aliphatic carbocycles. The summed E-state index contributed by atoms with van der Waals surface area (Å²) in [5.74, 6) is 0.828. The van der Waals surface area contributed by atoms with Crippen LogP contribution in [-0.2, 0) is 39.4 Å². The summed E-state index contributed by atoms with van der Waals surface area (Å²) < 4.78 is 2.00. The van der Waals surface area contributed by atoms with Crippen molar-refractivity contribution in [2.24, 2.45) is 12.0 Å². The van der Waals surface area contributed by atoms with E-state index < -0.39 is 0 Å². The molecule has 0 spiro atoms. The van der Waals surface area contributed by atoms with E-state index in [4.69, 9.17) is 0 Å².